The van der Waals surface area contributed by atoms with Gasteiger partial charge in [0.2, 0.25) is 6.41 Å². The molecule has 1 aliphatic heterocycles. The van der Waals surface area contributed by atoms with Crippen molar-refractivity contribution >= 4 is 12.4 Å². The first-order valence-corrected chi connectivity index (χ1v) is 5.28. The second-order valence-electron chi connectivity index (χ2n) is 5.61. The minimum absolute atomic E-state index is 0.0989. The molecule has 5 heteroatoms. The molecule has 0 spiro atoms. The lowest BCUT2D eigenvalue weighted by atomic mass is 9.91. The fourth-order valence-corrected chi connectivity index (χ4v) is 2.01. The van der Waals surface area contributed by atoms with Crippen LogP contribution in [0.2, 0.25) is 0 Å². The molecular formula is C11H19NO4. The predicted octanol–water partition coefficient (Wildman–Crippen LogP) is 1.08. The van der Waals surface area contributed by atoms with Crippen LogP contribution < -0.4 is 0 Å². The molecular weight excluding hydrogens is 210 g/mol. The Balaban J connectivity index is 2.92. The van der Waals surface area contributed by atoms with Crippen LogP contribution in [0.4, 0.5) is 0 Å². The van der Waals surface area contributed by atoms with E-state index in [9.17, 15) is 9.59 Å². The molecule has 5 nitrogen and oxygen atoms in total. The van der Waals surface area contributed by atoms with Crippen LogP contribution in [0.3, 0.4) is 0 Å². The zero-order valence-corrected chi connectivity index (χ0v) is 10.2. The summed E-state index contributed by atoms with van der Waals surface area (Å²) in [5, 5.41) is 8.84. The van der Waals surface area contributed by atoms with Crippen LogP contribution in [0.1, 0.15) is 34.1 Å². The molecule has 0 aromatic heterocycles. The third-order valence-corrected chi connectivity index (χ3v) is 2.81. The standard InChI is InChI=1S/C11H19NO4/c1-10(2,3)9-12(7-13)11(4,6-16-9)5-8(14)15/h7,9H,5-6H2,1-4H3,(H,14,15)/t9-,11-/m1/s1. The van der Waals surface area contributed by atoms with Gasteiger partial charge in [-0.25, -0.2) is 0 Å². The predicted molar refractivity (Wildman–Crippen MR) is 57.8 cm³/mol. The van der Waals surface area contributed by atoms with Crippen molar-refractivity contribution in [3.05, 3.63) is 0 Å². The Morgan fingerprint density at radius 1 is 1.62 bits per heavy atom. The molecule has 1 saturated heterocycles. The maximum Gasteiger partial charge on any atom is 0.305 e. The number of ether oxygens (including phenoxy) is 1. The van der Waals surface area contributed by atoms with Gasteiger partial charge in [-0.3, -0.25) is 9.59 Å². The Kier molecular flexibility index (Phi) is 3.28. The molecule has 1 fully saturated rings. The molecule has 1 amide bonds. The van der Waals surface area contributed by atoms with Crippen LogP contribution >= 0.6 is 0 Å². The normalized spacial score (nSPS) is 30.5. The van der Waals surface area contributed by atoms with Crippen molar-refractivity contribution in [2.24, 2.45) is 5.41 Å². The van der Waals surface area contributed by atoms with Crippen LogP contribution in [-0.2, 0) is 14.3 Å². The maximum atomic E-state index is 11.1. The summed E-state index contributed by atoms with van der Waals surface area (Å²) in [4.78, 5) is 23.4. The van der Waals surface area contributed by atoms with Gasteiger partial charge in [-0.2, -0.15) is 0 Å². The molecule has 0 aromatic carbocycles. The highest BCUT2D eigenvalue weighted by atomic mass is 16.5. The van der Waals surface area contributed by atoms with Gasteiger partial charge in [0, 0.05) is 5.41 Å². The third kappa shape index (κ3) is 2.35. The number of carboxylic acids is 1. The molecule has 16 heavy (non-hydrogen) atoms. The minimum Gasteiger partial charge on any atom is -0.481 e. The number of hydrogen-bond acceptors (Lipinski definition) is 3. The Morgan fingerprint density at radius 3 is 2.56 bits per heavy atom. The quantitative estimate of drug-likeness (QED) is 0.735. The summed E-state index contributed by atoms with van der Waals surface area (Å²) in [6.45, 7) is 7.88. The van der Waals surface area contributed by atoms with Crippen LogP contribution in [0.25, 0.3) is 0 Å². The highest BCUT2D eigenvalue weighted by Gasteiger charge is 2.48. The molecule has 2 atom stereocenters. The topological polar surface area (TPSA) is 66.8 Å². The summed E-state index contributed by atoms with van der Waals surface area (Å²) < 4.78 is 5.57. The largest absolute Gasteiger partial charge is 0.481 e. The van der Waals surface area contributed by atoms with Gasteiger partial charge in [0.15, 0.2) is 0 Å². The van der Waals surface area contributed by atoms with Gasteiger partial charge in [-0.1, -0.05) is 20.8 Å². The van der Waals surface area contributed by atoms with Crippen molar-refractivity contribution in [3.8, 4) is 0 Å². The number of hydrogen-bond donors (Lipinski definition) is 1. The summed E-state index contributed by atoms with van der Waals surface area (Å²) in [5.41, 5.74) is -0.970. The van der Waals surface area contributed by atoms with Crippen molar-refractivity contribution in [2.45, 2.75) is 45.9 Å². The van der Waals surface area contributed by atoms with Gasteiger partial charge >= 0.3 is 5.97 Å². The number of rotatable bonds is 3. The number of carbonyl (C=O) groups excluding carboxylic acids is 1. The van der Waals surface area contributed by atoms with E-state index in [1.54, 1.807) is 6.92 Å². The monoisotopic (exact) mass is 229 g/mol. The fourth-order valence-electron chi connectivity index (χ4n) is 2.01. The number of carboxylic acid groups (broad SMARTS) is 1. The number of carbonyl (C=O) groups is 2. The van der Waals surface area contributed by atoms with E-state index in [0.29, 0.717) is 6.41 Å². The van der Waals surface area contributed by atoms with Crippen LogP contribution in [0, 0.1) is 5.41 Å². The van der Waals surface area contributed by atoms with E-state index in [1.807, 2.05) is 20.8 Å². The van der Waals surface area contributed by atoms with Gasteiger partial charge in [0.05, 0.1) is 18.6 Å². The molecule has 0 saturated carbocycles. The Bertz CT molecular complexity index is 297. The molecule has 0 aromatic rings. The first kappa shape index (κ1) is 13.0. The molecule has 0 aliphatic carbocycles. The van der Waals surface area contributed by atoms with E-state index in [-0.39, 0.29) is 24.7 Å². The van der Waals surface area contributed by atoms with Crippen LogP contribution in [0.15, 0.2) is 0 Å². The van der Waals surface area contributed by atoms with Crippen LogP contribution in [-0.4, -0.2) is 40.8 Å². The SMILES string of the molecule is CC(C)(C)[C@H]1OC[C@@](C)(CC(=O)O)N1C=O. The van der Waals surface area contributed by atoms with Gasteiger partial charge in [0.1, 0.15) is 6.23 Å². The molecule has 0 unspecified atom stereocenters. The summed E-state index contributed by atoms with van der Waals surface area (Å²) in [7, 11) is 0. The summed E-state index contributed by atoms with van der Waals surface area (Å²) in [5.74, 6) is -0.924. The zero-order chi connectivity index (χ0) is 12.6. The number of amides is 1. The lowest BCUT2D eigenvalue weighted by Crippen LogP contribution is -2.50. The van der Waals surface area contributed by atoms with Gasteiger partial charge in [0.25, 0.3) is 0 Å². The second-order valence-corrected chi connectivity index (χ2v) is 5.61. The molecule has 0 bridgehead atoms. The molecule has 1 rings (SSSR count). The molecule has 1 N–H and O–H groups in total. The van der Waals surface area contributed by atoms with E-state index in [1.165, 1.54) is 4.90 Å². The second kappa shape index (κ2) is 4.05. The first-order chi connectivity index (χ1) is 7.20. The fraction of sp³-hybridized carbons (Fsp3) is 0.818. The smallest absolute Gasteiger partial charge is 0.305 e. The van der Waals surface area contributed by atoms with Gasteiger partial charge in [-0.15, -0.1) is 0 Å². The number of nitrogens with zero attached hydrogens (tertiary/aromatic N) is 1. The van der Waals surface area contributed by atoms with Gasteiger partial charge < -0.3 is 14.7 Å². The van der Waals surface area contributed by atoms with E-state index >= 15 is 0 Å². The van der Waals surface area contributed by atoms with E-state index < -0.39 is 11.5 Å². The van der Waals surface area contributed by atoms with Crippen molar-refractivity contribution < 1.29 is 19.4 Å². The first-order valence-electron chi connectivity index (χ1n) is 5.28. The zero-order valence-electron chi connectivity index (χ0n) is 10.2. The highest BCUT2D eigenvalue weighted by Crippen LogP contribution is 2.37. The van der Waals surface area contributed by atoms with E-state index in [0.717, 1.165) is 0 Å². The third-order valence-electron chi connectivity index (χ3n) is 2.81. The molecule has 0 radical (unpaired) electrons. The Labute approximate surface area is 95.4 Å². The molecule has 92 valence electrons. The molecule has 1 heterocycles. The van der Waals surface area contributed by atoms with Gasteiger partial charge in [-0.05, 0) is 6.92 Å². The average Bonchev–Trinajstić information content (AvgIpc) is 2.39. The van der Waals surface area contributed by atoms with Crippen molar-refractivity contribution in [3.63, 3.8) is 0 Å². The maximum absolute atomic E-state index is 11.1. The van der Waals surface area contributed by atoms with E-state index in [4.69, 9.17) is 9.84 Å². The van der Waals surface area contributed by atoms with Crippen molar-refractivity contribution in [1.29, 1.82) is 0 Å². The lowest BCUT2D eigenvalue weighted by molar-refractivity contribution is -0.142. The minimum atomic E-state index is -0.924. The Hall–Kier alpha value is -1.10. The summed E-state index contributed by atoms with van der Waals surface area (Å²) in [6, 6.07) is 0. The number of aliphatic carboxylic acids is 1. The highest BCUT2D eigenvalue weighted by molar-refractivity contribution is 5.69. The van der Waals surface area contributed by atoms with Crippen LogP contribution in [0.5, 0.6) is 0 Å². The van der Waals surface area contributed by atoms with E-state index in [2.05, 4.69) is 0 Å². The summed E-state index contributed by atoms with van der Waals surface area (Å²) in [6.07, 6.45) is 0.221. The average molecular weight is 229 g/mol. The van der Waals surface area contributed by atoms with Crippen molar-refractivity contribution in [2.75, 3.05) is 6.61 Å². The molecule has 1 aliphatic rings. The Morgan fingerprint density at radius 2 is 2.19 bits per heavy atom. The van der Waals surface area contributed by atoms with Crippen molar-refractivity contribution in [1.82, 2.24) is 4.90 Å². The lowest BCUT2D eigenvalue weighted by Gasteiger charge is -2.37. The summed E-state index contributed by atoms with van der Waals surface area (Å²) >= 11 is 0.